The fourth-order valence-electron chi connectivity index (χ4n) is 2.87. The van der Waals surface area contributed by atoms with Gasteiger partial charge in [0, 0.05) is 35.2 Å². The Hall–Kier alpha value is -3.05. The van der Waals surface area contributed by atoms with Gasteiger partial charge in [-0.05, 0) is 68.4 Å². The molecule has 0 atom stereocenters. The molecule has 2 N–H and O–H groups in total. The van der Waals surface area contributed by atoms with E-state index in [1.807, 2.05) is 54.6 Å². The fourth-order valence-corrected chi connectivity index (χ4v) is 3.06. The van der Waals surface area contributed by atoms with Gasteiger partial charge in [0.05, 0.1) is 11.9 Å². The minimum Gasteiger partial charge on any atom is -0.372 e. The summed E-state index contributed by atoms with van der Waals surface area (Å²) >= 11 is 5.99. The number of hydrogen-bond acceptors (Lipinski definition) is 4. The van der Waals surface area contributed by atoms with Gasteiger partial charge in [-0.25, -0.2) is 4.98 Å². The van der Waals surface area contributed by atoms with E-state index >= 15 is 0 Å². The number of benzene rings is 2. The third kappa shape index (κ3) is 5.02. The molecule has 0 bridgehead atoms. The number of nitrogens with zero attached hydrogens (tertiary/aromatic N) is 2. The van der Waals surface area contributed by atoms with E-state index in [4.69, 9.17) is 11.6 Å². The summed E-state index contributed by atoms with van der Waals surface area (Å²) in [6, 6.07) is 18.7. The lowest BCUT2D eigenvalue weighted by Gasteiger charge is -2.21. The van der Waals surface area contributed by atoms with Crippen LogP contribution >= 0.6 is 11.6 Å². The predicted molar refractivity (Wildman–Crippen MR) is 117 cm³/mol. The van der Waals surface area contributed by atoms with Crippen LogP contribution in [0.3, 0.4) is 0 Å². The van der Waals surface area contributed by atoms with Crippen LogP contribution in [-0.4, -0.2) is 24.0 Å². The Kier molecular flexibility index (Phi) is 6.50. The lowest BCUT2D eigenvalue weighted by molar-refractivity contribution is 0.102. The number of rotatable bonds is 7. The predicted octanol–water partition coefficient (Wildman–Crippen LogP) is 5.58. The molecule has 1 aromatic heterocycles. The second-order valence-electron chi connectivity index (χ2n) is 6.24. The Morgan fingerprint density at radius 2 is 1.68 bits per heavy atom. The summed E-state index contributed by atoms with van der Waals surface area (Å²) in [5, 5.41) is 6.74. The quantitative estimate of drug-likeness (QED) is 0.549. The molecule has 6 heteroatoms. The van der Waals surface area contributed by atoms with E-state index in [2.05, 4.69) is 34.4 Å². The highest BCUT2D eigenvalue weighted by Gasteiger charge is 2.09. The molecule has 0 spiro atoms. The minimum absolute atomic E-state index is 0.245. The molecule has 3 rings (SSSR count). The number of halogens is 1. The van der Waals surface area contributed by atoms with Gasteiger partial charge in [0.1, 0.15) is 5.69 Å². The van der Waals surface area contributed by atoms with E-state index < -0.39 is 0 Å². The van der Waals surface area contributed by atoms with Gasteiger partial charge < -0.3 is 15.5 Å². The summed E-state index contributed by atoms with van der Waals surface area (Å²) in [6.07, 6.45) is 1.62. The zero-order valence-corrected chi connectivity index (χ0v) is 16.7. The number of amides is 1. The Morgan fingerprint density at radius 3 is 2.29 bits per heavy atom. The van der Waals surface area contributed by atoms with Crippen LogP contribution in [0.25, 0.3) is 0 Å². The van der Waals surface area contributed by atoms with Crippen molar-refractivity contribution in [2.45, 2.75) is 13.8 Å². The number of carbonyl (C=O) groups is 1. The summed E-state index contributed by atoms with van der Waals surface area (Å²) in [7, 11) is 0. The van der Waals surface area contributed by atoms with Crippen molar-refractivity contribution in [3.05, 3.63) is 77.6 Å². The normalized spacial score (nSPS) is 10.4. The molecule has 0 saturated heterocycles. The molecule has 2 aromatic carbocycles. The highest BCUT2D eigenvalue weighted by Crippen LogP contribution is 2.21. The topological polar surface area (TPSA) is 57.3 Å². The highest BCUT2D eigenvalue weighted by molar-refractivity contribution is 6.30. The van der Waals surface area contributed by atoms with Crippen LogP contribution in [0, 0.1) is 0 Å². The van der Waals surface area contributed by atoms with Gasteiger partial charge >= 0.3 is 0 Å². The maximum Gasteiger partial charge on any atom is 0.274 e. The summed E-state index contributed by atoms with van der Waals surface area (Å²) in [5.41, 5.74) is 3.87. The highest BCUT2D eigenvalue weighted by atomic mass is 35.5. The number of pyridine rings is 1. The van der Waals surface area contributed by atoms with Gasteiger partial charge in [-0.1, -0.05) is 17.7 Å². The number of carbonyl (C=O) groups excluding carboxylic acids is 1. The lowest BCUT2D eigenvalue weighted by Crippen LogP contribution is -2.21. The van der Waals surface area contributed by atoms with Crippen LogP contribution in [0.2, 0.25) is 5.02 Å². The van der Waals surface area contributed by atoms with Crippen molar-refractivity contribution in [3.63, 3.8) is 0 Å². The SMILES string of the molecule is CCN(CC)c1ccc(NC(=O)c2ccc(Nc3cccc(Cl)c3)cn2)cc1. The van der Waals surface area contributed by atoms with Gasteiger partial charge in [0.2, 0.25) is 0 Å². The molecule has 0 saturated carbocycles. The van der Waals surface area contributed by atoms with Gasteiger partial charge in [-0.3, -0.25) is 4.79 Å². The second-order valence-corrected chi connectivity index (χ2v) is 6.68. The van der Waals surface area contributed by atoms with E-state index in [0.717, 1.165) is 35.8 Å². The van der Waals surface area contributed by atoms with E-state index in [0.29, 0.717) is 10.7 Å². The Balaban J connectivity index is 1.63. The van der Waals surface area contributed by atoms with E-state index in [1.165, 1.54) is 0 Å². The van der Waals surface area contributed by atoms with E-state index in [9.17, 15) is 4.79 Å². The molecular formula is C22H23ClN4O. The van der Waals surface area contributed by atoms with Crippen molar-refractivity contribution in [2.75, 3.05) is 28.6 Å². The third-order valence-electron chi connectivity index (χ3n) is 4.36. The minimum atomic E-state index is -0.245. The van der Waals surface area contributed by atoms with Gasteiger partial charge in [0.25, 0.3) is 5.91 Å². The maximum atomic E-state index is 12.4. The van der Waals surface area contributed by atoms with Gasteiger partial charge in [-0.15, -0.1) is 0 Å². The first-order valence-electron chi connectivity index (χ1n) is 9.24. The molecule has 0 aliphatic heterocycles. The monoisotopic (exact) mass is 394 g/mol. The first-order valence-corrected chi connectivity index (χ1v) is 9.62. The van der Waals surface area contributed by atoms with Crippen molar-refractivity contribution >= 4 is 40.3 Å². The van der Waals surface area contributed by atoms with Crippen LogP contribution in [0.15, 0.2) is 66.9 Å². The first kappa shape index (κ1) is 19.7. The molecule has 0 aliphatic rings. The maximum absolute atomic E-state index is 12.4. The Labute approximate surface area is 170 Å². The molecule has 3 aromatic rings. The lowest BCUT2D eigenvalue weighted by atomic mass is 10.2. The standard InChI is InChI=1S/C22H23ClN4O/c1-3-27(4-2)20-11-8-17(9-12-20)26-22(28)21-13-10-19(15-24-21)25-18-7-5-6-16(23)14-18/h5-15,25H,3-4H2,1-2H3,(H,26,28). The summed E-state index contributed by atoms with van der Waals surface area (Å²) in [5.74, 6) is -0.245. The second kappa shape index (κ2) is 9.24. The molecule has 1 amide bonds. The first-order chi connectivity index (χ1) is 13.6. The van der Waals surface area contributed by atoms with Crippen molar-refractivity contribution in [1.82, 2.24) is 4.98 Å². The zero-order chi connectivity index (χ0) is 19.9. The van der Waals surface area contributed by atoms with Crippen LogP contribution in [-0.2, 0) is 0 Å². The molecular weight excluding hydrogens is 372 g/mol. The van der Waals surface area contributed by atoms with Crippen LogP contribution < -0.4 is 15.5 Å². The smallest absolute Gasteiger partial charge is 0.274 e. The number of aromatic nitrogens is 1. The zero-order valence-electron chi connectivity index (χ0n) is 15.9. The number of nitrogens with one attached hydrogen (secondary N) is 2. The van der Waals surface area contributed by atoms with Crippen molar-refractivity contribution in [2.24, 2.45) is 0 Å². The molecule has 0 aliphatic carbocycles. The molecule has 144 valence electrons. The van der Waals surface area contributed by atoms with Crippen molar-refractivity contribution < 1.29 is 4.79 Å². The largest absolute Gasteiger partial charge is 0.372 e. The van der Waals surface area contributed by atoms with Crippen molar-refractivity contribution in [3.8, 4) is 0 Å². The van der Waals surface area contributed by atoms with Crippen LogP contribution in [0.5, 0.6) is 0 Å². The van der Waals surface area contributed by atoms with Gasteiger partial charge in [-0.2, -0.15) is 0 Å². The average Bonchev–Trinajstić information content (AvgIpc) is 2.71. The number of anilines is 4. The van der Waals surface area contributed by atoms with Crippen LogP contribution in [0.4, 0.5) is 22.7 Å². The molecule has 28 heavy (non-hydrogen) atoms. The van der Waals surface area contributed by atoms with Crippen LogP contribution in [0.1, 0.15) is 24.3 Å². The third-order valence-corrected chi connectivity index (χ3v) is 4.60. The molecule has 5 nitrogen and oxygen atoms in total. The molecule has 0 fully saturated rings. The summed E-state index contributed by atoms with van der Waals surface area (Å²) in [4.78, 5) is 18.9. The number of hydrogen-bond donors (Lipinski definition) is 2. The molecule has 0 radical (unpaired) electrons. The fraction of sp³-hybridized carbons (Fsp3) is 0.182. The molecule has 0 unspecified atom stereocenters. The van der Waals surface area contributed by atoms with Crippen molar-refractivity contribution in [1.29, 1.82) is 0 Å². The Morgan fingerprint density at radius 1 is 0.964 bits per heavy atom. The molecule has 1 heterocycles. The summed E-state index contributed by atoms with van der Waals surface area (Å²) < 4.78 is 0. The van der Waals surface area contributed by atoms with E-state index in [-0.39, 0.29) is 5.91 Å². The van der Waals surface area contributed by atoms with Gasteiger partial charge in [0.15, 0.2) is 0 Å². The summed E-state index contributed by atoms with van der Waals surface area (Å²) in [6.45, 7) is 6.13. The van der Waals surface area contributed by atoms with E-state index in [1.54, 1.807) is 12.3 Å². The average molecular weight is 395 g/mol. The Bertz CT molecular complexity index is 922.